The van der Waals surface area contributed by atoms with Crippen LogP contribution in [0.4, 0.5) is 0 Å². The van der Waals surface area contributed by atoms with Crippen molar-refractivity contribution < 1.29 is 56.9 Å². The minimum Gasteiger partial charge on any atom is 0 e. The van der Waals surface area contributed by atoms with Crippen LogP contribution in [0.15, 0.2) is 0 Å². The third-order valence-corrected chi connectivity index (χ3v) is 0. The Labute approximate surface area is 103 Å². The van der Waals surface area contributed by atoms with E-state index in [4.69, 9.17) is 0 Å². The van der Waals surface area contributed by atoms with Gasteiger partial charge in [-0.25, -0.2) is 0 Å². The Balaban J connectivity index is 0. The van der Waals surface area contributed by atoms with Crippen LogP contribution in [-0.4, -0.2) is 48.3 Å². The van der Waals surface area contributed by atoms with Crippen molar-refractivity contribution in [1.29, 1.82) is 0 Å². The van der Waals surface area contributed by atoms with E-state index in [0.29, 0.717) is 0 Å². The van der Waals surface area contributed by atoms with Crippen molar-refractivity contribution in [1.82, 2.24) is 0 Å². The molecule has 0 aromatic carbocycles. The molecular formula is NiSbSmSn. The summed E-state index contributed by atoms with van der Waals surface area (Å²) in [5, 5.41) is 0. The van der Waals surface area contributed by atoms with Crippen molar-refractivity contribution in [2.45, 2.75) is 0 Å². The fraction of sp³-hybridized carbons (Fsp3) is 0. The van der Waals surface area contributed by atoms with Crippen LogP contribution in [0.3, 0.4) is 0 Å². The van der Waals surface area contributed by atoms with Crippen LogP contribution >= 0.6 is 0 Å². The second kappa shape index (κ2) is 16.1. The van der Waals surface area contributed by atoms with Gasteiger partial charge in [-0.05, 0) is 0 Å². The van der Waals surface area contributed by atoms with Crippen LogP contribution in [0, 0.1) is 40.4 Å². The molecule has 0 bridgehead atoms. The van der Waals surface area contributed by atoms with Gasteiger partial charge in [0.2, 0.25) is 0 Å². The topological polar surface area (TPSA) is 0 Å². The minimum atomic E-state index is 0. The summed E-state index contributed by atoms with van der Waals surface area (Å²) in [6.45, 7) is 0. The molecular weight excluding hydrogens is 450 g/mol. The molecule has 0 aliphatic carbocycles. The summed E-state index contributed by atoms with van der Waals surface area (Å²) in [6.07, 6.45) is 0. The summed E-state index contributed by atoms with van der Waals surface area (Å²) in [5.41, 5.74) is 0. The summed E-state index contributed by atoms with van der Waals surface area (Å²) in [5.74, 6) is 0. The first-order valence-electron chi connectivity index (χ1n) is 0. The molecule has 0 aliphatic heterocycles. The van der Waals surface area contributed by atoms with E-state index in [1.54, 1.807) is 0 Å². The molecule has 0 heterocycles. The second-order valence-corrected chi connectivity index (χ2v) is 0. The zero-order valence-corrected chi connectivity index (χ0v) is 10.7. The van der Waals surface area contributed by atoms with Gasteiger partial charge < -0.3 is 0 Å². The number of rotatable bonds is 0. The molecule has 0 aromatic rings. The van der Waals surface area contributed by atoms with E-state index in [9.17, 15) is 0 Å². The maximum atomic E-state index is 0. The largest absolute Gasteiger partial charge is 0 e. The molecule has 0 saturated carbocycles. The second-order valence-electron chi connectivity index (χ2n) is 0. The Morgan fingerprint density at radius 3 is 1.00 bits per heavy atom. The maximum absolute atomic E-state index is 0. The summed E-state index contributed by atoms with van der Waals surface area (Å²) in [7, 11) is 0. The Morgan fingerprint density at radius 1 is 1.00 bits per heavy atom. The van der Waals surface area contributed by atoms with E-state index in [2.05, 4.69) is 0 Å². The zero-order valence-electron chi connectivity index (χ0n) is 1.67. The van der Waals surface area contributed by atoms with Gasteiger partial charge in [0, 0.05) is 105 Å². The molecule has 0 rings (SSSR count). The molecule has 0 atom stereocenters. The van der Waals surface area contributed by atoms with Crippen molar-refractivity contribution in [3.05, 3.63) is 0 Å². The van der Waals surface area contributed by atoms with Gasteiger partial charge in [-0.2, -0.15) is 0 Å². The van der Waals surface area contributed by atoms with Crippen LogP contribution < -0.4 is 0 Å². The maximum Gasteiger partial charge on any atom is 0 e. The Kier molecular flexibility index (Phi) is 105. The van der Waals surface area contributed by atoms with Gasteiger partial charge >= 0.3 is 0 Å². The quantitative estimate of drug-likeness (QED) is 0.427. The van der Waals surface area contributed by atoms with Gasteiger partial charge in [0.25, 0.3) is 0 Å². The average molecular weight is 450 g/mol. The van der Waals surface area contributed by atoms with Crippen LogP contribution in [0.25, 0.3) is 0 Å². The first kappa shape index (κ1) is 26.0. The van der Waals surface area contributed by atoms with Gasteiger partial charge in [-0.1, -0.05) is 0 Å². The Hall–Kier alpha value is 3.45. The average Bonchev–Trinajstić information content (AvgIpc) is 0. The van der Waals surface area contributed by atoms with E-state index in [-0.39, 0.29) is 105 Å². The third-order valence-electron chi connectivity index (χ3n) is 0. The van der Waals surface area contributed by atoms with Gasteiger partial charge in [-0.15, -0.1) is 0 Å². The first-order chi connectivity index (χ1) is 0. The molecule has 0 N–H and O–H groups in total. The molecule has 0 amide bonds. The SMILES string of the molecule is [Ni].[Sb].[Sm].[Sn]. The molecule has 0 aliphatic rings. The van der Waals surface area contributed by atoms with Crippen LogP contribution in [0.5, 0.6) is 0 Å². The molecule has 0 unspecified atom stereocenters. The molecule has 25 valence electrons. The molecule has 0 fully saturated rings. The fourth-order valence-corrected chi connectivity index (χ4v) is 0. The summed E-state index contributed by atoms with van der Waals surface area (Å²) >= 11 is 0. The van der Waals surface area contributed by atoms with Gasteiger partial charge in [0.1, 0.15) is 0 Å². The van der Waals surface area contributed by atoms with E-state index in [1.165, 1.54) is 0 Å². The number of hydrogen-bond donors (Lipinski definition) is 0. The van der Waals surface area contributed by atoms with Crippen LogP contribution in [0.2, 0.25) is 0 Å². The predicted octanol–water partition coefficient (Wildman–Crippen LogP) is -0.764. The normalized spacial score (nSPS) is 0. The van der Waals surface area contributed by atoms with E-state index in [1.807, 2.05) is 0 Å². The fourth-order valence-electron chi connectivity index (χ4n) is 0. The van der Waals surface area contributed by atoms with Crippen LogP contribution in [-0.2, 0) is 16.5 Å². The monoisotopic (exact) mass is 451 g/mol. The molecule has 4 heavy (non-hydrogen) atoms. The molecule has 4 heteroatoms. The van der Waals surface area contributed by atoms with Crippen molar-refractivity contribution in [2.75, 3.05) is 0 Å². The smallest absolute Gasteiger partial charge is 0 e. The minimum absolute atomic E-state index is 0. The zero-order chi connectivity index (χ0) is 0. The Morgan fingerprint density at radius 2 is 1.00 bits per heavy atom. The molecule has 0 aromatic heterocycles. The van der Waals surface area contributed by atoms with E-state index >= 15 is 0 Å². The summed E-state index contributed by atoms with van der Waals surface area (Å²) in [4.78, 5) is 0. The van der Waals surface area contributed by atoms with E-state index < -0.39 is 0 Å². The van der Waals surface area contributed by atoms with Gasteiger partial charge in [0.05, 0.1) is 0 Å². The summed E-state index contributed by atoms with van der Waals surface area (Å²) in [6, 6.07) is 0. The summed E-state index contributed by atoms with van der Waals surface area (Å²) < 4.78 is 0. The predicted molar refractivity (Wildman–Crippen MR) is 11.5 cm³/mol. The van der Waals surface area contributed by atoms with Crippen molar-refractivity contribution in [3.63, 3.8) is 0 Å². The molecule has 7 radical (unpaired) electrons. The van der Waals surface area contributed by atoms with Gasteiger partial charge in [-0.3, -0.25) is 0 Å². The number of hydrogen-bond acceptors (Lipinski definition) is 0. The van der Waals surface area contributed by atoms with Crippen molar-refractivity contribution >= 4 is 48.3 Å². The standard InChI is InChI=1S/Ni.Sb.Sm.Sn. The Bertz CT molecular complexity index is 8.00. The van der Waals surface area contributed by atoms with Crippen LogP contribution in [0.1, 0.15) is 0 Å². The third kappa shape index (κ3) is 9.07. The van der Waals surface area contributed by atoms with Crippen molar-refractivity contribution in [3.8, 4) is 0 Å². The molecule has 0 spiro atoms. The van der Waals surface area contributed by atoms with E-state index in [0.717, 1.165) is 0 Å². The van der Waals surface area contributed by atoms with Crippen molar-refractivity contribution in [2.24, 2.45) is 0 Å². The molecule has 0 saturated heterocycles. The van der Waals surface area contributed by atoms with Gasteiger partial charge in [0.15, 0.2) is 0 Å². The molecule has 0 nitrogen and oxygen atoms in total. The first-order valence-corrected chi connectivity index (χ1v) is 0.